The maximum Gasteiger partial charge on any atom is 0.335 e. The predicted molar refractivity (Wildman–Crippen MR) is 91.4 cm³/mol. The monoisotopic (exact) mass is 416 g/mol. The van der Waals surface area contributed by atoms with Crippen LogP contribution in [-0.2, 0) is 6.42 Å². The smallest absolute Gasteiger partial charge is 0.335 e. The Balaban J connectivity index is 2.09. The first-order valence-corrected chi connectivity index (χ1v) is 8.69. The number of carboxylic acid groups (broad SMARTS) is 1. The van der Waals surface area contributed by atoms with Crippen LogP contribution in [0.15, 0.2) is 12.1 Å². The van der Waals surface area contributed by atoms with Gasteiger partial charge in [-0.1, -0.05) is 20.8 Å². The lowest BCUT2D eigenvalue weighted by Gasteiger charge is -2.53. The van der Waals surface area contributed by atoms with Crippen LogP contribution in [0.4, 0.5) is 0 Å². The van der Waals surface area contributed by atoms with E-state index in [0.717, 1.165) is 27.7 Å². The number of benzene rings is 1. The summed E-state index contributed by atoms with van der Waals surface area (Å²) < 4.78 is 7.26. The second-order valence-electron chi connectivity index (χ2n) is 7.14. The van der Waals surface area contributed by atoms with Gasteiger partial charge in [-0.15, -0.1) is 0 Å². The molecule has 1 heterocycles. The van der Waals surface area contributed by atoms with Crippen LogP contribution >= 0.6 is 22.6 Å². The Morgan fingerprint density at radius 1 is 1.36 bits per heavy atom. The number of rotatable bonds is 1. The largest absolute Gasteiger partial charge is 0.485 e. The normalized spacial score (nSPS) is 32.6. The molecule has 1 saturated carbocycles. The van der Waals surface area contributed by atoms with Gasteiger partial charge >= 0.3 is 5.97 Å². The van der Waals surface area contributed by atoms with Gasteiger partial charge in [-0.25, -0.2) is 4.79 Å². The van der Waals surface area contributed by atoms with E-state index in [1.165, 1.54) is 0 Å². The second-order valence-corrected chi connectivity index (χ2v) is 8.30. The molecular weight excluding hydrogens is 395 g/mol. The quantitative estimate of drug-likeness (QED) is 0.689. The Bertz CT molecular complexity index is 640. The summed E-state index contributed by atoms with van der Waals surface area (Å²) in [4.78, 5) is 11.3. The van der Waals surface area contributed by atoms with Gasteiger partial charge in [-0.05, 0) is 53.5 Å². The maximum absolute atomic E-state index is 11.3. The van der Waals surface area contributed by atoms with Crippen LogP contribution in [0.5, 0.6) is 5.75 Å². The molecule has 0 bridgehead atoms. The summed E-state index contributed by atoms with van der Waals surface area (Å²) in [5.41, 5.74) is 0.393. The van der Waals surface area contributed by atoms with Gasteiger partial charge < -0.3 is 14.9 Å². The highest BCUT2D eigenvalue weighted by Gasteiger charge is 2.60. The number of hydrogen-bond donors (Lipinski definition) is 2. The highest BCUT2D eigenvalue weighted by atomic mass is 127. The van der Waals surface area contributed by atoms with Crippen molar-refractivity contribution in [3.63, 3.8) is 0 Å². The number of fused-ring (bicyclic) bond motifs is 1. The number of aliphatic hydroxyl groups excluding tert-OH is 1. The molecule has 1 spiro atoms. The van der Waals surface area contributed by atoms with E-state index < -0.39 is 17.7 Å². The summed E-state index contributed by atoms with van der Waals surface area (Å²) in [5, 5.41) is 19.8. The number of halogens is 1. The lowest BCUT2D eigenvalue weighted by atomic mass is 9.58. The Kier molecular flexibility index (Phi) is 3.72. The third-order valence-corrected chi connectivity index (χ3v) is 6.50. The standard InChI is InChI=1S/C17H21IO4/c1-9-4-5-13(19)16(2,3)17(9)8-11-6-10(15(20)21)7-12(18)14(11)22-17/h6-7,9,13,19H,4-5,8H2,1-3H3,(H,20,21)/t9-,13+,17+/m1/s1. The minimum Gasteiger partial charge on any atom is -0.485 e. The van der Waals surface area contributed by atoms with E-state index in [0.29, 0.717) is 17.9 Å². The molecule has 1 aromatic rings. The molecule has 0 radical (unpaired) electrons. The van der Waals surface area contributed by atoms with E-state index in [-0.39, 0.29) is 5.41 Å². The first-order valence-electron chi connectivity index (χ1n) is 7.62. The van der Waals surface area contributed by atoms with Gasteiger partial charge in [0, 0.05) is 17.4 Å². The average molecular weight is 416 g/mol. The van der Waals surface area contributed by atoms with Crippen molar-refractivity contribution in [2.45, 2.75) is 51.7 Å². The molecule has 0 aromatic heterocycles. The molecule has 4 nitrogen and oxygen atoms in total. The van der Waals surface area contributed by atoms with Crippen molar-refractivity contribution in [1.29, 1.82) is 0 Å². The van der Waals surface area contributed by atoms with Crippen molar-refractivity contribution in [1.82, 2.24) is 0 Å². The van der Waals surface area contributed by atoms with Gasteiger partial charge in [0.25, 0.3) is 0 Å². The third-order valence-electron chi connectivity index (χ3n) is 5.70. The average Bonchev–Trinajstić information content (AvgIpc) is 2.84. The zero-order chi connectivity index (χ0) is 16.3. The molecular formula is C17H21IO4. The van der Waals surface area contributed by atoms with Crippen molar-refractivity contribution >= 4 is 28.6 Å². The fourth-order valence-corrected chi connectivity index (χ4v) is 4.87. The molecule has 3 rings (SSSR count). The fraction of sp³-hybridized carbons (Fsp3) is 0.588. The molecule has 2 N–H and O–H groups in total. The lowest BCUT2D eigenvalue weighted by Crippen LogP contribution is -2.61. The SMILES string of the molecule is C[C@@H]1CC[C@H](O)C(C)(C)[C@]12Cc1cc(C(=O)O)cc(I)c1O2. The van der Waals surface area contributed by atoms with Crippen LogP contribution in [0.25, 0.3) is 0 Å². The highest BCUT2D eigenvalue weighted by Crippen LogP contribution is 2.56. The summed E-state index contributed by atoms with van der Waals surface area (Å²) in [6.45, 7) is 6.29. The highest BCUT2D eigenvalue weighted by molar-refractivity contribution is 14.1. The molecule has 3 atom stereocenters. The number of carboxylic acids is 1. The number of carbonyl (C=O) groups is 1. The Morgan fingerprint density at radius 3 is 2.68 bits per heavy atom. The van der Waals surface area contributed by atoms with Crippen LogP contribution in [0, 0.1) is 14.9 Å². The number of aliphatic hydroxyl groups is 1. The van der Waals surface area contributed by atoms with Crippen LogP contribution < -0.4 is 4.74 Å². The maximum atomic E-state index is 11.3. The number of ether oxygens (including phenoxy) is 1. The molecule has 0 amide bonds. The van der Waals surface area contributed by atoms with Crippen LogP contribution in [0.1, 0.15) is 49.5 Å². The molecule has 2 aliphatic rings. The number of hydrogen-bond acceptors (Lipinski definition) is 3. The molecule has 1 aromatic carbocycles. The zero-order valence-electron chi connectivity index (χ0n) is 13.0. The molecule has 1 fully saturated rings. The van der Waals surface area contributed by atoms with E-state index in [2.05, 4.69) is 43.4 Å². The minimum atomic E-state index is -0.919. The Labute approximate surface area is 144 Å². The van der Waals surface area contributed by atoms with Crippen molar-refractivity contribution in [3.05, 3.63) is 26.8 Å². The minimum absolute atomic E-state index is 0.297. The molecule has 22 heavy (non-hydrogen) atoms. The summed E-state index contributed by atoms with van der Waals surface area (Å²) in [6, 6.07) is 3.37. The van der Waals surface area contributed by atoms with Gasteiger partial charge in [0.15, 0.2) is 0 Å². The first kappa shape index (κ1) is 16.1. The van der Waals surface area contributed by atoms with E-state index in [1.807, 2.05) is 0 Å². The van der Waals surface area contributed by atoms with Gasteiger partial charge in [-0.2, -0.15) is 0 Å². The van der Waals surface area contributed by atoms with E-state index in [9.17, 15) is 15.0 Å². The summed E-state index contributed by atoms with van der Waals surface area (Å²) in [7, 11) is 0. The molecule has 1 aliphatic heterocycles. The van der Waals surface area contributed by atoms with E-state index in [1.54, 1.807) is 12.1 Å². The lowest BCUT2D eigenvalue weighted by molar-refractivity contribution is -0.156. The summed E-state index contributed by atoms with van der Waals surface area (Å²) in [6.07, 6.45) is 1.95. The van der Waals surface area contributed by atoms with Crippen molar-refractivity contribution < 1.29 is 19.7 Å². The topological polar surface area (TPSA) is 66.8 Å². The Hall–Kier alpha value is -0.820. The van der Waals surface area contributed by atoms with Crippen LogP contribution in [0.3, 0.4) is 0 Å². The van der Waals surface area contributed by atoms with E-state index in [4.69, 9.17) is 4.74 Å². The predicted octanol–water partition coefficient (Wildman–Crippen LogP) is 3.48. The van der Waals surface area contributed by atoms with Gasteiger partial charge in [0.1, 0.15) is 11.4 Å². The van der Waals surface area contributed by atoms with Crippen LogP contribution in [0.2, 0.25) is 0 Å². The summed E-state index contributed by atoms with van der Waals surface area (Å²) >= 11 is 2.14. The van der Waals surface area contributed by atoms with E-state index >= 15 is 0 Å². The number of aromatic carboxylic acids is 1. The molecule has 1 aliphatic carbocycles. The van der Waals surface area contributed by atoms with Crippen molar-refractivity contribution in [2.75, 3.05) is 0 Å². The molecule has 0 saturated heterocycles. The summed E-state index contributed by atoms with van der Waals surface area (Å²) in [5.74, 6) is 0.180. The van der Waals surface area contributed by atoms with Gasteiger partial charge in [0.05, 0.1) is 15.2 Å². The molecule has 0 unspecified atom stereocenters. The zero-order valence-corrected chi connectivity index (χ0v) is 15.2. The van der Waals surface area contributed by atoms with Crippen molar-refractivity contribution in [3.8, 4) is 5.75 Å². The van der Waals surface area contributed by atoms with Crippen LogP contribution in [-0.4, -0.2) is 27.9 Å². The van der Waals surface area contributed by atoms with Gasteiger partial charge in [0.2, 0.25) is 0 Å². The second kappa shape index (κ2) is 5.09. The Morgan fingerprint density at radius 2 is 2.05 bits per heavy atom. The fourth-order valence-electron chi connectivity index (χ4n) is 4.07. The molecule has 5 heteroatoms. The first-order chi connectivity index (χ1) is 10.2. The van der Waals surface area contributed by atoms with Crippen molar-refractivity contribution in [2.24, 2.45) is 11.3 Å². The third kappa shape index (κ3) is 2.08. The molecule has 120 valence electrons. The van der Waals surface area contributed by atoms with Gasteiger partial charge in [-0.3, -0.25) is 0 Å².